The van der Waals surface area contributed by atoms with Crippen molar-refractivity contribution in [2.24, 2.45) is 0 Å². The SMILES string of the molecule is CCCCCCNc1cc(NC)nc(N)n1. The minimum absolute atomic E-state index is 0.294. The van der Waals surface area contributed by atoms with Crippen LogP contribution in [0.2, 0.25) is 0 Å². The van der Waals surface area contributed by atoms with Crippen molar-refractivity contribution >= 4 is 17.6 Å². The minimum Gasteiger partial charge on any atom is -0.373 e. The van der Waals surface area contributed by atoms with Gasteiger partial charge in [-0.15, -0.1) is 0 Å². The standard InChI is InChI=1S/C11H21N5/c1-3-4-5-6-7-14-10-8-9(13-2)15-11(12)16-10/h8H,3-7H2,1-2H3,(H4,12,13,14,15,16). The topological polar surface area (TPSA) is 75.9 Å². The fraction of sp³-hybridized carbons (Fsp3) is 0.636. The Morgan fingerprint density at radius 3 is 2.62 bits per heavy atom. The van der Waals surface area contributed by atoms with Gasteiger partial charge in [-0.25, -0.2) is 0 Å². The van der Waals surface area contributed by atoms with Crippen molar-refractivity contribution in [1.29, 1.82) is 0 Å². The van der Waals surface area contributed by atoms with Crippen LogP contribution in [0.25, 0.3) is 0 Å². The molecule has 0 aromatic carbocycles. The molecule has 1 heterocycles. The monoisotopic (exact) mass is 223 g/mol. The summed E-state index contributed by atoms with van der Waals surface area (Å²) in [6, 6.07) is 1.86. The lowest BCUT2D eigenvalue weighted by Crippen LogP contribution is -2.07. The summed E-state index contributed by atoms with van der Waals surface area (Å²) in [7, 11) is 1.81. The van der Waals surface area contributed by atoms with Crippen LogP contribution in [0.1, 0.15) is 32.6 Å². The fourth-order valence-electron chi connectivity index (χ4n) is 1.45. The maximum absolute atomic E-state index is 5.58. The molecule has 0 atom stereocenters. The summed E-state index contributed by atoms with van der Waals surface area (Å²) in [5.74, 6) is 1.82. The molecule has 0 amide bonds. The minimum atomic E-state index is 0.294. The molecule has 5 heteroatoms. The third-order valence-electron chi connectivity index (χ3n) is 2.34. The zero-order chi connectivity index (χ0) is 11.8. The molecule has 0 aliphatic rings. The van der Waals surface area contributed by atoms with E-state index in [0.29, 0.717) is 5.95 Å². The van der Waals surface area contributed by atoms with Crippen molar-refractivity contribution in [1.82, 2.24) is 9.97 Å². The van der Waals surface area contributed by atoms with Crippen LogP contribution in [-0.2, 0) is 0 Å². The largest absolute Gasteiger partial charge is 0.373 e. The number of hydrogen-bond donors (Lipinski definition) is 3. The summed E-state index contributed by atoms with van der Waals surface area (Å²) in [6.07, 6.45) is 4.95. The number of anilines is 3. The molecule has 0 radical (unpaired) electrons. The first-order chi connectivity index (χ1) is 7.76. The summed E-state index contributed by atoms with van der Waals surface area (Å²) in [6.45, 7) is 3.14. The van der Waals surface area contributed by atoms with Gasteiger partial charge in [0, 0.05) is 19.7 Å². The number of nitrogens with one attached hydrogen (secondary N) is 2. The molecule has 1 aromatic heterocycles. The van der Waals surface area contributed by atoms with Crippen LogP contribution in [0.5, 0.6) is 0 Å². The number of aromatic nitrogens is 2. The van der Waals surface area contributed by atoms with Crippen LogP contribution < -0.4 is 16.4 Å². The van der Waals surface area contributed by atoms with Crippen molar-refractivity contribution in [3.63, 3.8) is 0 Å². The molecule has 0 fully saturated rings. The molecule has 16 heavy (non-hydrogen) atoms. The first-order valence-electron chi connectivity index (χ1n) is 5.82. The van der Waals surface area contributed by atoms with Crippen molar-refractivity contribution in [2.45, 2.75) is 32.6 Å². The smallest absolute Gasteiger partial charge is 0.223 e. The molecule has 0 aliphatic heterocycles. The van der Waals surface area contributed by atoms with E-state index in [1.54, 1.807) is 0 Å². The highest BCUT2D eigenvalue weighted by molar-refractivity contribution is 5.50. The summed E-state index contributed by atoms with van der Waals surface area (Å²) in [5.41, 5.74) is 5.58. The molecule has 0 saturated heterocycles. The zero-order valence-corrected chi connectivity index (χ0v) is 10.1. The molecule has 1 aromatic rings. The van der Waals surface area contributed by atoms with Crippen molar-refractivity contribution in [2.75, 3.05) is 30.0 Å². The van der Waals surface area contributed by atoms with Crippen molar-refractivity contribution in [3.8, 4) is 0 Å². The lowest BCUT2D eigenvalue weighted by molar-refractivity contribution is 0.684. The molecule has 90 valence electrons. The first kappa shape index (κ1) is 12.5. The second-order valence-electron chi connectivity index (χ2n) is 3.73. The van der Waals surface area contributed by atoms with Gasteiger partial charge in [0.2, 0.25) is 5.95 Å². The van der Waals surface area contributed by atoms with E-state index < -0.39 is 0 Å². The van der Waals surface area contributed by atoms with Crippen LogP contribution >= 0.6 is 0 Å². The van der Waals surface area contributed by atoms with Gasteiger partial charge in [-0.2, -0.15) is 9.97 Å². The second-order valence-corrected chi connectivity index (χ2v) is 3.73. The average Bonchev–Trinajstić information content (AvgIpc) is 2.28. The summed E-state index contributed by atoms with van der Waals surface area (Å²) in [4.78, 5) is 8.14. The molecular weight excluding hydrogens is 202 g/mol. The van der Waals surface area contributed by atoms with E-state index in [1.165, 1.54) is 19.3 Å². The van der Waals surface area contributed by atoms with E-state index in [1.807, 2.05) is 13.1 Å². The lowest BCUT2D eigenvalue weighted by atomic mass is 10.2. The summed E-state index contributed by atoms with van der Waals surface area (Å²) >= 11 is 0. The molecule has 0 bridgehead atoms. The summed E-state index contributed by atoms with van der Waals surface area (Å²) < 4.78 is 0. The van der Waals surface area contributed by atoms with E-state index in [9.17, 15) is 0 Å². The van der Waals surface area contributed by atoms with E-state index in [2.05, 4.69) is 27.5 Å². The predicted molar refractivity (Wildman–Crippen MR) is 68.6 cm³/mol. The number of rotatable bonds is 7. The maximum Gasteiger partial charge on any atom is 0.223 e. The van der Waals surface area contributed by atoms with E-state index >= 15 is 0 Å². The molecule has 4 N–H and O–H groups in total. The fourth-order valence-corrected chi connectivity index (χ4v) is 1.45. The molecule has 0 unspecified atom stereocenters. The first-order valence-corrected chi connectivity index (χ1v) is 5.82. The van der Waals surface area contributed by atoms with Gasteiger partial charge in [0.1, 0.15) is 11.6 Å². The Morgan fingerprint density at radius 2 is 1.94 bits per heavy atom. The Balaban J connectivity index is 2.38. The Labute approximate surface area is 96.9 Å². The van der Waals surface area contributed by atoms with Gasteiger partial charge >= 0.3 is 0 Å². The Hall–Kier alpha value is -1.52. The van der Waals surface area contributed by atoms with Gasteiger partial charge in [0.25, 0.3) is 0 Å². The van der Waals surface area contributed by atoms with Gasteiger partial charge in [0.05, 0.1) is 0 Å². The normalized spacial score (nSPS) is 10.1. The third kappa shape index (κ3) is 4.33. The number of hydrogen-bond acceptors (Lipinski definition) is 5. The van der Waals surface area contributed by atoms with Gasteiger partial charge in [-0.05, 0) is 6.42 Å². The maximum atomic E-state index is 5.58. The van der Waals surface area contributed by atoms with Crippen LogP contribution in [-0.4, -0.2) is 23.6 Å². The second kappa shape index (κ2) is 6.87. The quantitative estimate of drug-likeness (QED) is 0.617. The number of nitrogen functional groups attached to an aromatic ring is 1. The average molecular weight is 223 g/mol. The van der Waals surface area contributed by atoms with Crippen LogP contribution in [0.15, 0.2) is 6.07 Å². The molecular formula is C11H21N5. The van der Waals surface area contributed by atoms with E-state index in [0.717, 1.165) is 24.6 Å². The van der Waals surface area contributed by atoms with Gasteiger partial charge in [-0.3, -0.25) is 0 Å². The molecule has 0 spiro atoms. The molecule has 1 rings (SSSR count). The molecule has 0 aliphatic carbocycles. The highest BCUT2D eigenvalue weighted by atomic mass is 15.1. The highest BCUT2D eigenvalue weighted by Gasteiger charge is 1.99. The lowest BCUT2D eigenvalue weighted by Gasteiger charge is -2.07. The zero-order valence-electron chi connectivity index (χ0n) is 10.1. The van der Waals surface area contributed by atoms with Crippen molar-refractivity contribution in [3.05, 3.63) is 6.07 Å². The van der Waals surface area contributed by atoms with Crippen molar-refractivity contribution < 1.29 is 0 Å². The van der Waals surface area contributed by atoms with Crippen LogP contribution in [0, 0.1) is 0 Å². The van der Waals surface area contributed by atoms with Gasteiger partial charge < -0.3 is 16.4 Å². The number of unbranched alkanes of at least 4 members (excludes halogenated alkanes) is 3. The Morgan fingerprint density at radius 1 is 1.19 bits per heavy atom. The Bertz CT molecular complexity index is 313. The number of nitrogens with two attached hydrogens (primary N) is 1. The van der Waals surface area contributed by atoms with Gasteiger partial charge in [0.15, 0.2) is 0 Å². The predicted octanol–water partition coefficient (Wildman–Crippen LogP) is 2.09. The highest BCUT2D eigenvalue weighted by Crippen LogP contribution is 2.11. The van der Waals surface area contributed by atoms with Crippen LogP contribution in [0.4, 0.5) is 17.6 Å². The summed E-state index contributed by atoms with van der Waals surface area (Å²) in [5, 5.41) is 6.20. The van der Waals surface area contributed by atoms with Crippen LogP contribution in [0.3, 0.4) is 0 Å². The van der Waals surface area contributed by atoms with E-state index in [-0.39, 0.29) is 0 Å². The molecule has 5 nitrogen and oxygen atoms in total. The van der Waals surface area contributed by atoms with E-state index in [4.69, 9.17) is 5.73 Å². The number of nitrogens with zero attached hydrogens (tertiary/aromatic N) is 2. The Kier molecular flexibility index (Phi) is 5.39. The third-order valence-corrected chi connectivity index (χ3v) is 2.34. The molecule has 0 saturated carbocycles. The van der Waals surface area contributed by atoms with Gasteiger partial charge in [-0.1, -0.05) is 26.2 Å².